The maximum absolute atomic E-state index is 12.6. The Bertz CT molecular complexity index is 874. The van der Waals surface area contributed by atoms with Crippen LogP contribution in [0.3, 0.4) is 0 Å². The van der Waals surface area contributed by atoms with Crippen molar-refractivity contribution in [3.05, 3.63) is 63.4 Å². The van der Waals surface area contributed by atoms with Gasteiger partial charge in [0.25, 0.3) is 5.91 Å². The van der Waals surface area contributed by atoms with E-state index in [0.29, 0.717) is 34.8 Å². The second-order valence-corrected chi connectivity index (χ2v) is 7.36. The number of hydrogen-bond donors (Lipinski definition) is 2. The van der Waals surface area contributed by atoms with Crippen LogP contribution in [0.25, 0.3) is 0 Å². The van der Waals surface area contributed by atoms with Crippen LogP contribution in [0, 0.1) is 18.3 Å². The third-order valence-corrected chi connectivity index (χ3v) is 5.47. The van der Waals surface area contributed by atoms with Crippen LogP contribution in [0.1, 0.15) is 58.6 Å². The second kappa shape index (κ2) is 8.51. The average Bonchev–Trinajstić information content (AvgIpc) is 2.67. The Kier molecular flexibility index (Phi) is 6.10. The highest BCUT2D eigenvalue weighted by Gasteiger charge is 2.25. The molecule has 2 atom stereocenters. The van der Waals surface area contributed by atoms with E-state index in [1.54, 1.807) is 25.1 Å². The molecule has 0 saturated heterocycles. The summed E-state index contributed by atoms with van der Waals surface area (Å²) in [5, 5.41) is 22.4. The van der Waals surface area contributed by atoms with E-state index in [4.69, 9.17) is 16.9 Å². The summed E-state index contributed by atoms with van der Waals surface area (Å²) >= 11 is 6.41. The van der Waals surface area contributed by atoms with Crippen LogP contribution in [0.15, 0.2) is 30.3 Å². The molecule has 0 spiro atoms. The zero-order chi connectivity index (χ0) is 19.4. The normalized spacial score (nSPS) is 19.3. The van der Waals surface area contributed by atoms with Crippen molar-refractivity contribution in [1.82, 2.24) is 10.3 Å². The number of nitrogens with one attached hydrogen (secondary N) is 1. The lowest BCUT2D eigenvalue weighted by Crippen LogP contribution is -2.45. The predicted molar refractivity (Wildman–Crippen MR) is 104 cm³/mol. The molecule has 0 aliphatic heterocycles. The summed E-state index contributed by atoms with van der Waals surface area (Å²) in [7, 11) is 0. The first-order valence-electron chi connectivity index (χ1n) is 9.12. The molecule has 1 aromatic carbocycles. The quantitative estimate of drug-likeness (QED) is 0.845. The number of aliphatic hydroxyl groups excluding tert-OH is 1. The zero-order valence-corrected chi connectivity index (χ0v) is 16.0. The van der Waals surface area contributed by atoms with Crippen LogP contribution in [0.5, 0.6) is 0 Å². The number of aromatic nitrogens is 1. The first-order valence-corrected chi connectivity index (χ1v) is 9.49. The minimum atomic E-state index is -0.505. The number of hydrogen-bond acceptors (Lipinski definition) is 4. The molecule has 0 radical (unpaired) electrons. The van der Waals surface area contributed by atoms with Crippen LogP contribution in [-0.2, 0) is 6.42 Å². The molecule has 2 N–H and O–H groups in total. The van der Waals surface area contributed by atoms with E-state index >= 15 is 0 Å². The number of carbonyl (C=O) groups is 1. The van der Waals surface area contributed by atoms with Crippen molar-refractivity contribution in [3.8, 4) is 6.07 Å². The van der Waals surface area contributed by atoms with Gasteiger partial charge in [-0.3, -0.25) is 4.79 Å². The molecule has 6 heteroatoms. The van der Waals surface area contributed by atoms with E-state index in [1.807, 2.05) is 12.1 Å². The molecule has 1 saturated carbocycles. The number of carbonyl (C=O) groups excluding carboxylic acids is 1. The molecule has 0 bridgehead atoms. The number of halogens is 1. The lowest BCUT2D eigenvalue weighted by Gasteiger charge is -2.28. The maximum atomic E-state index is 12.6. The van der Waals surface area contributed by atoms with Gasteiger partial charge in [-0.1, -0.05) is 36.6 Å². The smallest absolute Gasteiger partial charge is 0.270 e. The van der Waals surface area contributed by atoms with Gasteiger partial charge in [-0.2, -0.15) is 5.26 Å². The lowest BCUT2D eigenvalue weighted by atomic mass is 9.92. The van der Waals surface area contributed by atoms with Crippen molar-refractivity contribution in [2.75, 3.05) is 0 Å². The number of nitrogens with zero attached hydrogens (tertiary/aromatic N) is 2. The van der Waals surface area contributed by atoms with E-state index in [9.17, 15) is 9.90 Å². The van der Waals surface area contributed by atoms with Crippen molar-refractivity contribution in [2.24, 2.45) is 0 Å². The van der Waals surface area contributed by atoms with E-state index in [1.165, 1.54) is 0 Å². The summed E-state index contributed by atoms with van der Waals surface area (Å²) in [6.45, 7) is 1.77. The third-order valence-electron chi connectivity index (χ3n) is 4.95. The summed E-state index contributed by atoms with van der Waals surface area (Å²) in [4.78, 5) is 17.0. The number of nitriles is 1. The van der Waals surface area contributed by atoms with Crippen molar-refractivity contribution in [3.63, 3.8) is 0 Å². The Balaban J connectivity index is 1.80. The molecule has 1 heterocycles. The number of pyridine rings is 1. The molecular weight excluding hydrogens is 362 g/mol. The fraction of sp³-hybridized carbons (Fsp3) is 0.381. The van der Waals surface area contributed by atoms with Crippen molar-refractivity contribution >= 4 is 17.5 Å². The molecular formula is C21H22ClN3O2. The van der Waals surface area contributed by atoms with Gasteiger partial charge in [-0.05, 0) is 55.5 Å². The molecule has 3 rings (SSSR count). The second-order valence-electron chi connectivity index (χ2n) is 6.98. The van der Waals surface area contributed by atoms with Crippen LogP contribution in [-0.4, -0.2) is 28.1 Å². The SMILES string of the molecule is Cc1nc(C(=O)N[C@H]2CCCC[C@@H]2O)cc(Cc2ccc(C#N)cc2)c1Cl. The maximum Gasteiger partial charge on any atom is 0.270 e. The Morgan fingerprint density at radius 2 is 2.04 bits per heavy atom. The topological polar surface area (TPSA) is 86.0 Å². The van der Waals surface area contributed by atoms with Gasteiger partial charge in [0.15, 0.2) is 0 Å². The van der Waals surface area contributed by atoms with Gasteiger partial charge in [0.2, 0.25) is 0 Å². The fourth-order valence-electron chi connectivity index (χ4n) is 3.41. The molecule has 140 valence electrons. The largest absolute Gasteiger partial charge is 0.391 e. The van der Waals surface area contributed by atoms with E-state index in [0.717, 1.165) is 30.4 Å². The molecule has 1 aromatic heterocycles. The zero-order valence-electron chi connectivity index (χ0n) is 15.2. The highest BCUT2D eigenvalue weighted by molar-refractivity contribution is 6.32. The number of rotatable bonds is 4. The monoisotopic (exact) mass is 383 g/mol. The summed E-state index contributed by atoms with van der Waals surface area (Å²) in [6, 6.07) is 10.8. The Hall–Kier alpha value is -2.42. The predicted octanol–water partition coefficient (Wildman–Crippen LogP) is 3.54. The number of benzene rings is 1. The lowest BCUT2D eigenvalue weighted by molar-refractivity contribution is 0.0713. The van der Waals surface area contributed by atoms with Crippen LogP contribution < -0.4 is 5.32 Å². The Morgan fingerprint density at radius 1 is 1.33 bits per heavy atom. The van der Waals surface area contributed by atoms with Crippen molar-refractivity contribution < 1.29 is 9.90 Å². The number of aliphatic hydroxyl groups is 1. The van der Waals surface area contributed by atoms with Crippen molar-refractivity contribution in [2.45, 2.75) is 51.2 Å². The Labute approximate surface area is 164 Å². The van der Waals surface area contributed by atoms with Crippen LogP contribution in [0.4, 0.5) is 0 Å². The summed E-state index contributed by atoms with van der Waals surface area (Å²) in [6.07, 6.45) is 3.51. The summed E-state index contributed by atoms with van der Waals surface area (Å²) < 4.78 is 0. The molecule has 5 nitrogen and oxygen atoms in total. The van der Waals surface area contributed by atoms with Gasteiger partial charge in [-0.25, -0.2) is 4.98 Å². The molecule has 1 aliphatic carbocycles. The first-order chi connectivity index (χ1) is 13.0. The van der Waals surface area contributed by atoms with Gasteiger partial charge < -0.3 is 10.4 Å². The highest BCUT2D eigenvalue weighted by atomic mass is 35.5. The minimum Gasteiger partial charge on any atom is -0.391 e. The molecule has 27 heavy (non-hydrogen) atoms. The van der Waals surface area contributed by atoms with Crippen LogP contribution >= 0.6 is 11.6 Å². The molecule has 0 unspecified atom stereocenters. The van der Waals surface area contributed by atoms with Crippen LogP contribution in [0.2, 0.25) is 5.02 Å². The number of amides is 1. The van der Waals surface area contributed by atoms with E-state index in [2.05, 4.69) is 16.4 Å². The fourth-order valence-corrected chi connectivity index (χ4v) is 3.57. The molecule has 1 amide bonds. The summed E-state index contributed by atoms with van der Waals surface area (Å²) in [5.74, 6) is -0.290. The van der Waals surface area contributed by atoms with E-state index < -0.39 is 6.10 Å². The molecule has 2 aromatic rings. The van der Waals surface area contributed by atoms with Gasteiger partial charge in [0.1, 0.15) is 5.69 Å². The van der Waals surface area contributed by atoms with E-state index in [-0.39, 0.29) is 11.9 Å². The Morgan fingerprint density at radius 3 is 2.70 bits per heavy atom. The van der Waals surface area contributed by atoms with Crippen molar-refractivity contribution in [1.29, 1.82) is 5.26 Å². The van der Waals surface area contributed by atoms with Gasteiger partial charge in [0, 0.05) is 0 Å². The molecule has 1 aliphatic rings. The summed E-state index contributed by atoms with van der Waals surface area (Å²) in [5.41, 5.74) is 3.30. The highest BCUT2D eigenvalue weighted by Crippen LogP contribution is 2.24. The third kappa shape index (κ3) is 4.65. The standard InChI is InChI=1S/C21H22ClN3O2/c1-13-20(22)16(10-14-6-8-15(12-23)9-7-14)11-18(24-13)21(27)25-17-4-2-3-5-19(17)26/h6-9,11,17,19,26H,2-5,10H2,1H3,(H,25,27)/t17-,19-/m0/s1. The van der Waals surface area contributed by atoms with Gasteiger partial charge in [-0.15, -0.1) is 0 Å². The average molecular weight is 384 g/mol. The molecule has 1 fully saturated rings. The minimum absolute atomic E-state index is 0.231. The van der Waals surface area contributed by atoms with Gasteiger partial charge >= 0.3 is 0 Å². The first kappa shape index (κ1) is 19.3. The number of aryl methyl sites for hydroxylation is 1. The van der Waals surface area contributed by atoms with Gasteiger partial charge in [0.05, 0.1) is 34.5 Å².